The second-order valence-corrected chi connectivity index (χ2v) is 6.51. The predicted octanol–water partition coefficient (Wildman–Crippen LogP) is 0.627. The van der Waals surface area contributed by atoms with Gasteiger partial charge in [0.15, 0.2) is 9.84 Å². The molecule has 0 rings (SSSR count). The third-order valence-corrected chi connectivity index (χ3v) is 4.66. The lowest BCUT2D eigenvalue weighted by atomic mass is 10.5. The van der Waals surface area contributed by atoms with E-state index in [0.717, 1.165) is 11.8 Å². The molecule has 1 atom stereocenters. The number of hydrogen-bond acceptors (Lipinski definition) is 4. The standard InChI is InChI=1S/C7H14O4S2/c1-3-13(10,11)5-4-12-6(2)7(8)9/h6H,3-5H2,1-2H3,(H,8,9). The van der Waals surface area contributed by atoms with E-state index < -0.39 is 21.1 Å². The van der Waals surface area contributed by atoms with Crippen LogP contribution in [-0.2, 0) is 14.6 Å². The van der Waals surface area contributed by atoms with Crippen molar-refractivity contribution in [2.24, 2.45) is 0 Å². The number of aliphatic carboxylic acids is 1. The minimum Gasteiger partial charge on any atom is -0.480 e. The monoisotopic (exact) mass is 226 g/mol. The predicted molar refractivity (Wildman–Crippen MR) is 53.9 cm³/mol. The third kappa shape index (κ3) is 5.93. The van der Waals surface area contributed by atoms with E-state index in [2.05, 4.69) is 0 Å². The van der Waals surface area contributed by atoms with Gasteiger partial charge in [-0.1, -0.05) is 6.92 Å². The second-order valence-electron chi connectivity index (χ2n) is 2.59. The van der Waals surface area contributed by atoms with E-state index in [0.29, 0.717) is 5.75 Å². The normalized spacial score (nSPS) is 14.0. The smallest absolute Gasteiger partial charge is 0.316 e. The van der Waals surface area contributed by atoms with E-state index in [9.17, 15) is 13.2 Å². The van der Waals surface area contributed by atoms with Gasteiger partial charge >= 0.3 is 5.97 Å². The van der Waals surface area contributed by atoms with Crippen LogP contribution in [0.4, 0.5) is 0 Å². The highest BCUT2D eigenvalue weighted by Crippen LogP contribution is 2.10. The Kier molecular flexibility index (Phi) is 5.39. The number of hydrogen-bond donors (Lipinski definition) is 1. The Morgan fingerprint density at radius 1 is 1.54 bits per heavy atom. The van der Waals surface area contributed by atoms with Crippen LogP contribution in [0.3, 0.4) is 0 Å². The molecular formula is C7H14O4S2. The first-order valence-corrected chi connectivity index (χ1v) is 6.81. The van der Waals surface area contributed by atoms with E-state index in [-0.39, 0.29) is 11.5 Å². The Labute approximate surface area is 82.6 Å². The van der Waals surface area contributed by atoms with Crippen molar-refractivity contribution in [3.63, 3.8) is 0 Å². The van der Waals surface area contributed by atoms with Crippen molar-refractivity contribution < 1.29 is 18.3 Å². The molecule has 6 heteroatoms. The van der Waals surface area contributed by atoms with Crippen LogP contribution in [0.1, 0.15) is 13.8 Å². The summed E-state index contributed by atoms with van der Waals surface area (Å²) in [4.78, 5) is 10.4. The Morgan fingerprint density at radius 2 is 2.08 bits per heavy atom. The molecule has 1 N–H and O–H groups in total. The maximum atomic E-state index is 11.0. The lowest BCUT2D eigenvalue weighted by Crippen LogP contribution is -2.16. The van der Waals surface area contributed by atoms with Crippen molar-refractivity contribution in [2.75, 3.05) is 17.3 Å². The van der Waals surface area contributed by atoms with Crippen molar-refractivity contribution in [3.05, 3.63) is 0 Å². The van der Waals surface area contributed by atoms with Crippen LogP contribution in [-0.4, -0.2) is 42.0 Å². The molecular weight excluding hydrogens is 212 g/mol. The zero-order valence-corrected chi connectivity index (χ0v) is 9.32. The molecule has 0 bridgehead atoms. The molecule has 0 aliphatic heterocycles. The van der Waals surface area contributed by atoms with Crippen LogP contribution in [0, 0.1) is 0 Å². The van der Waals surface area contributed by atoms with Crippen molar-refractivity contribution in [1.82, 2.24) is 0 Å². The topological polar surface area (TPSA) is 71.4 Å². The fraction of sp³-hybridized carbons (Fsp3) is 0.857. The summed E-state index contributed by atoms with van der Waals surface area (Å²) in [6, 6.07) is 0. The highest BCUT2D eigenvalue weighted by Gasteiger charge is 2.13. The van der Waals surface area contributed by atoms with Crippen LogP contribution in [0.25, 0.3) is 0 Å². The Bertz CT molecular complexity index is 258. The molecule has 0 aromatic heterocycles. The van der Waals surface area contributed by atoms with Gasteiger partial charge < -0.3 is 5.11 Å². The lowest BCUT2D eigenvalue weighted by Gasteiger charge is -2.05. The average molecular weight is 226 g/mol. The first kappa shape index (κ1) is 12.8. The Hall–Kier alpha value is -0.230. The van der Waals surface area contributed by atoms with Gasteiger partial charge in [-0.15, -0.1) is 11.8 Å². The average Bonchev–Trinajstić information content (AvgIpc) is 2.04. The van der Waals surface area contributed by atoms with Gasteiger partial charge in [-0.2, -0.15) is 0 Å². The van der Waals surface area contributed by atoms with Gasteiger partial charge in [0.05, 0.1) is 11.0 Å². The quantitative estimate of drug-likeness (QED) is 0.719. The molecule has 78 valence electrons. The SMILES string of the molecule is CCS(=O)(=O)CCSC(C)C(=O)O. The first-order valence-electron chi connectivity index (χ1n) is 3.94. The van der Waals surface area contributed by atoms with Gasteiger partial charge in [-0.05, 0) is 6.92 Å². The van der Waals surface area contributed by atoms with E-state index >= 15 is 0 Å². The first-order chi connectivity index (χ1) is 5.89. The molecule has 0 amide bonds. The van der Waals surface area contributed by atoms with Crippen molar-refractivity contribution in [2.45, 2.75) is 19.1 Å². The molecule has 4 nitrogen and oxygen atoms in total. The molecule has 0 saturated carbocycles. The molecule has 0 aliphatic carbocycles. The van der Waals surface area contributed by atoms with Gasteiger partial charge in [0.2, 0.25) is 0 Å². The second kappa shape index (κ2) is 5.49. The molecule has 0 saturated heterocycles. The minimum atomic E-state index is -2.95. The van der Waals surface area contributed by atoms with Gasteiger partial charge in [-0.25, -0.2) is 8.42 Å². The van der Waals surface area contributed by atoms with Gasteiger partial charge in [0.1, 0.15) is 0 Å². The summed E-state index contributed by atoms with van der Waals surface area (Å²) in [5.74, 6) is -0.372. The number of carboxylic acid groups (broad SMARTS) is 1. The van der Waals surface area contributed by atoms with Gasteiger partial charge in [-0.3, -0.25) is 4.79 Å². The lowest BCUT2D eigenvalue weighted by molar-refractivity contribution is -0.136. The molecule has 0 spiro atoms. The number of rotatable bonds is 6. The fourth-order valence-electron chi connectivity index (χ4n) is 0.567. The maximum absolute atomic E-state index is 11.0. The summed E-state index contributed by atoms with van der Waals surface area (Å²) in [6.07, 6.45) is 0. The largest absolute Gasteiger partial charge is 0.480 e. The third-order valence-electron chi connectivity index (χ3n) is 1.55. The number of sulfone groups is 1. The van der Waals surface area contributed by atoms with Crippen LogP contribution in [0.15, 0.2) is 0 Å². The Balaban J connectivity index is 3.75. The van der Waals surface area contributed by atoms with Crippen molar-refractivity contribution in [3.8, 4) is 0 Å². The van der Waals surface area contributed by atoms with Gasteiger partial charge in [0.25, 0.3) is 0 Å². The molecule has 0 aromatic carbocycles. The summed E-state index contributed by atoms with van der Waals surface area (Å²) < 4.78 is 22.0. The zero-order valence-electron chi connectivity index (χ0n) is 7.69. The Morgan fingerprint density at radius 3 is 2.46 bits per heavy atom. The van der Waals surface area contributed by atoms with Crippen LogP contribution in [0.2, 0.25) is 0 Å². The van der Waals surface area contributed by atoms with Crippen LogP contribution < -0.4 is 0 Å². The molecule has 0 fully saturated rings. The van der Waals surface area contributed by atoms with E-state index in [1.165, 1.54) is 0 Å². The maximum Gasteiger partial charge on any atom is 0.316 e. The van der Waals surface area contributed by atoms with E-state index in [1.54, 1.807) is 13.8 Å². The van der Waals surface area contributed by atoms with Crippen LogP contribution >= 0.6 is 11.8 Å². The summed E-state index contributed by atoms with van der Waals surface area (Å²) in [6.45, 7) is 3.13. The number of carboxylic acids is 1. The summed E-state index contributed by atoms with van der Waals surface area (Å²) in [5, 5.41) is 7.96. The summed E-state index contributed by atoms with van der Waals surface area (Å²) in [5.41, 5.74) is 0. The molecule has 0 aliphatic rings. The van der Waals surface area contributed by atoms with Crippen LogP contribution in [0.5, 0.6) is 0 Å². The van der Waals surface area contributed by atoms with Crippen molar-refractivity contribution in [1.29, 1.82) is 0 Å². The molecule has 0 aromatic rings. The number of thioether (sulfide) groups is 1. The highest BCUT2D eigenvalue weighted by molar-refractivity contribution is 8.01. The molecule has 0 radical (unpaired) electrons. The molecule has 0 heterocycles. The summed E-state index contributed by atoms with van der Waals surface area (Å²) >= 11 is 1.15. The van der Waals surface area contributed by atoms with E-state index in [4.69, 9.17) is 5.11 Å². The molecule has 1 unspecified atom stereocenters. The fourth-order valence-corrected chi connectivity index (χ4v) is 2.75. The number of carbonyl (C=O) groups is 1. The van der Waals surface area contributed by atoms with E-state index in [1.807, 2.05) is 0 Å². The van der Waals surface area contributed by atoms with Crippen molar-refractivity contribution >= 4 is 27.6 Å². The van der Waals surface area contributed by atoms with Gasteiger partial charge in [0, 0.05) is 11.5 Å². The summed E-state index contributed by atoms with van der Waals surface area (Å²) in [7, 11) is -2.95. The minimum absolute atomic E-state index is 0.0613. The molecule has 13 heavy (non-hydrogen) atoms. The highest BCUT2D eigenvalue weighted by atomic mass is 32.2. The zero-order chi connectivity index (χ0) is 10.5.